The summed E-state index contributed by atoms with van der Waals surface area (Å²) in [7, 11) is 0. The minimum atomic E-state index is -0.414. The molecule has 33 heavy (non-hydrogen) atoms. The Bertz CT molecular complexity index is 1340. The highest BCUT2D eigenvalue weighted by molar-refractivity contribution is 8.03. The van der Waals surface area contributed by atoms with Gasteiger partial charge in [0.15, 0.2) is 5.16 Å². The summed E-state index contributed by atoms with van der Waals surface area (Å²) in [4.78, 5) is 33.4. The van der Waals surface area contributed by atoms with Gasteiger partial charge >= 0.3 is 0 Å². The average molecular weight is 518 g/mol. The van der Waals surface area contributed by atoms with Crippen LogP contribution in [0.15, 0.2) is 69.4 Å². The van der Waals surface area contributed by atoms with Gasteiger partial charge in [-0.1, -0.05) is 42.1 Å². The first-order valence-corrected chi connectivity index (χ1v) is 13.2. The molecule has 0 bridgehead atoms. The van der Waals surface area contributed by atoms with Crippen molar-refractivity contribution in [3.05, 3.63) is 91.1 Å². The highest BCUT2D eigenvalue weighted by Crippen LogP contribution is 2.39. The molecule has 0 fully saturated rings. The molecule has 0 unspecified atom stereocenters. The van der Waals surface area contributed by atoms with E-state index in [9.17, 15) is 14.9 Å². The van der Waals surface area contributed by atoms with E-state index in [-0.39, 0.29) is 21.9 Å². The van der Waals surface area contributed by atoms with Crippen LogP contribution in [0, 0.1) is 24.0 Å². The topological polar surface area (TPSA) is 88.9 Å². The first-order valence-electron chi connectivity index (χ1n) is 10.1. The van der Waals surface area contributed by atoms with Crippen LogP contribution in [0.3, 0.4) is 0 Å². The largest absolute Gasteiger partial charge is 0.301 e. The van der Waals surface area contributed by atoms with Crippen LogP contribution in [0.5, 0.6) is 0 Å². The molecule has 0 aliphatic heterocycles. The lowest BCUT2D eigenvalue weighted by Crippen LogP contribution is -2.15. The molecule has 0 saturated heterocycles. The molecular formula is C23H20ClN3O3S3. The summed E-state index contributed by atoms with van der Waals surface area (Å²) in [5, 5.41) is 11.8. The molecule has 6 nitrogen and oxygen atoms in total. The third-order valence-electron chi connectivity index (χ3n) is 5.18. The van der Waals surface area contributed by atoms with Gasteiger partial charge in [0.25, 0.3) is 11.2 Å². The Morgan fingerprint density at radius 2 is 1.85 bits per heavy atom. The smallest absolute Gasteiger partial charge is 0.269 e. The highest BCUT2D eigenvalue weighted by atomic mass is 35.5. The van der Waals surface area contributed by atoms with Crippen LogP contribution in [0.25, 0.3) is 10.2 Å². The van der Waals surface area contributed by atoms with Crippen LogP contribution < -0.4 is 5.56 Å². The molecule has 2 heterocycles. The molecule has 10 heteroatoms. The van der Waals surface area contributed by atoms with Gasteiger partial charge in [0.2, 0.25) is 0 Å². The lowest BCUT2D eigenvalue weighted by atomic mass is 10.1. The maximum Gasteiger partial charge on any atom is 0.269 e. The minimum Gasteiger partial charge on any atom is -0.301 e. The van der Waals surface area contributed by atoms with Crippen molar-refractivity contribution in [3.8, 4) is 0 Å². The summed E-state index contributed by atoms with van der Waals surface area (Å²) >= 11 is 11.4. The van der Waals surface area contributed by atoms with Crippen LogP contribution in [-0.4, -0.2) is 25.9 Å². The Kier molecular flexibility index (Phi) is 7.43. The van der Waals surface area contributed by atoms with Crippen molar-refractivity contribution >= 4 is 62.4 Å². The van der Waals surface area contributed by atoms with Crippen LogP contribution in [-0.2, 0) is 0 Å². The zero-order valence-corrected chi connectivity index (χ0v) is 21.0. The number of benzene rings is 2. The van der Waals surface area contributed by atoms with E-state index < -0.39 is 4.92 Å². The van der Waals surface area contributed by atoms with E-state index in [1.54, 1.807) is 23.9 Å². The number of nitro benzene ring substituents is 1. The van der Waals surface area contributed by atoms with Crippen molar-refractivity contribution in [1.82, 2.24) is 9.97 Å². The first kappa shape index (κ1) is 23.8. The number of halogens is 1. The molecule has 0 radical (unpaired) electrons. The van der Waals surface area contributed by atoms with E-state index in [4.69, 9.17) is 11.6 Å². The molecule has 0 aliphatic carbocycles. The van der Waals surface area contributed by atoms with Gasteiger partial charge in [-0.05, 0) is 37.1 Å². The summed E-state index contributed by atoms with van der Waals surface area (Å²) in [6.45, 7) is 3.93. The van der Waals surface area contributed by atoms with Gasteiger partial charge in [-0.15, -0.1) is 34.7 Å². The number of nitro groups is 1. The van der Waals surface area contributed by atoms with E-state index in [1.165, 1.54) is 35.2 Å². The van der Waals surface area contributed by atoms with Gasteiger partial charge in [0, 0.05) is 32.9 Å². The molecule has 0 spiro atoms. The Morgan fingerprint density at radius 1 is 1.15 bits per heavy atom. The number of alkyl halides is 1. The molecule has 4 rings (SSSR count). The second kappa shape index (κ2) is 10.3. The SMILES string of the molecule is Cc1sc2nc(SC[C@@H](Sc3ccc([N+](=O)[O-])cc3)[C@@H](Cl)c3ccccc3)[nH]c(=O)c2c1C. The molecule has 170 valence electrons. The van der Waals surface area contributed by atoms with Gasteiger partial charge in [0.05, 0.1) is 15.7 Å². The highest BCUT2D eigenvalue weighted by Gasteiger charge is 2.24. The van der Waals surface area contributed by atoms with E-state index in [1.807, 2.05) is 44.2 Å². The zero-order valence-electron chi connectivity index (χ0n) is 17.8. The monoisotopic (exact) mass is 517 g/mol. The van der Waals surface area contributed by atoms with Crippen molar-refractivity contribution < 1.29 is 4.92 Å². The predicted molar refractivity (Wildman–Crippen MR) is 138 cm³/mol. The number of aromatic nitrogens is 2. The molecule has 0 amide bonds. The summed E-state index contributed by atoms with van der Waals surface area (Å²) in [6.07, 6.45) is 0. The van der Waals surface area contributed by atoms with Gasteiger partial charge in [0.1, 0.15) is 4.83 Å². The van der Waals surface area contributed by atoms with Crippen molar-refractivity contribution in [2.75, 3.05) is 5.75 Å². The standard InChI is InChI=1S/C23H20ClN3O3S3/c1-13-14(2)32-22-19(13)21(28)25-23(26-22)31-12-18(20(24)15-6-4-3-5-7-15)33-17-10-8-16(9-11-17)27(29)30/h3-11,18,20H,12H2,1-2H3,(H,25,26,28)/t18-,20+/m1/s1. The molecule has 2 aromatic carbocycles. The number of aromatic amines is 1. The van der Waals surface area contributed by atoms with Crippen molar-refractivity contribution in [2.45, 2.75) is 34.5 Å². The summed E-state index contributed by atoms with van der Waals surface area (Å²) in [6, 6.07) is 16.2. The number of H-pyrrole nitrogens is 1. The summed E-state index contributed by atoms with van der Waals surface area (Å²) < 4.78 is 0. The Balaban J connectivity index is 1.58. The van der Waals surface area contributed by atoms with E-state index in [2.05, 4.69) is 9.97 Å². The average Bonchev–Trinajstić information content (AvgIpc) is 3.10. The number of nitrogens with one attached hydrogen (secondary N) is 1. The normalized spacial score (nSPS) is 13.2. The fraction of sp³-hybridized carbons (Fsp3) is 0.217. The van der Waals surface area contributed by atoms with Gasteiger partial charge in [-0.2, -0.15) is 0 Å². The van der Waals surface area contributed by atoms with Gasteiger partial charge in [-0.3, -0.25) is 14.9 Å². The van der Waals surface area contributed by atoms with Crippen LogP contribution in [0.4, 0.5) is 5.69 Å². The predicted octanol–water partition coefficient (Wildman–Crippen LogP) is 6.74. The third-order valence-corrected chi connectivity index (χ3v) is 9.48. The van der Waals surface area contributed by atoms with E-state index in [0.717, 1.165) is 25.7 Å². The molecular weight excluding hydrogens is 498 g/mol. The fourth-order valence-corrected chi connectivity index (χ4v) is 7.13. The Labute approximate surface area is 207 Å². The number of thioether (sulfide) groups is 2. The van der Waals surface area contributed by atoms with E-state index in [0.29, 0.717) is 16.3 Å². The number of non-ortho nitro benzene ring substituents is 1. The molecule has 1 N–H and O–H groups in total. The number of rotatable bonds is 8. The fourth-order valence-electron chi connectivity index (χ4n) is 3.32. The van der Waals surface area contributed by atoms with Crippen LogP contribution >= 0.6 is 46.5 Å². The number of hydrogen-bond acceptors (Lipinski definition) is 7. The quantitative estimate of drug-likeness (QED) is 0.0914. The lowest BCUT2D eigenvalue weighted by Gasteiger charge is -2.22. The van der Waals surface area contributed by atoms with Crippen molar-refractivity contribution in [1.29, 1.82) is 0 Å². The summed E-state index contributed by atoms with van der Waals surface area (Å²) in [5.41, 5.74) is 1.87. The van der Waals surface area contributed by atoms with Gasteiger partial charge in [-0.25, -0.2) is 4.98 Å². The molecule has 2 aromatic heterocycles. The molecule has 0 saturated carbocycles. The number of hydrogen-bond donors (Lipinski definition) is 1. The minimum absolute atomic E-state index is 0.0485. The van der Waals surface area contributed by atoms with Crippen molar-refractivity contribution in [3.63, 3.8) is 0 Å². The molecule has 0 aliphatic rings. The van der Waals surface area contributed by atoms with Gasteiger partial charge < -0.3 is 4.98 Å². The second-order valence-corrected chi connectivity index (χ2v) is 11.4. The Morgan fingerprint density at radius 3 is 2.52 bits per heavy atom. The maximum absolute atomic E-state index is 12.6. The molecule has 2 atom stereocenters. The Hall–Kier alpha value is -2.33. The lowest BCUT2D eigenvalue weighted by molar-refractivity contribution is -0.384. The number of thiophene rings is 1. The summed E-state index contributed by atoms with van der Waals surface area (Å²) in [5.74, 6) is 0.586. The number of nitrogens with zero attached hydrogens (tertiary/aromatic N) is 2. The van der Waals surface area contributed by atoms with Crippen LogP contribution in [0.1, 0.15) is 21.4 Å². The van der Waals surface area contributed by atoms with E-state index >= 15 is 0 Å². The zero-order chi connectivity index (χ0) is 23.5. The second-order valence-electron chi connectivity index (χ2n) is 7.37. The first-order chi connectivity index (χ1) is 15.8. The number of fused-ring (bicyclic) bond motifs is 1. The van der Waals surface area contributed by atoms with Crippen molar-refractivity contribution in [2.24, 2.45) is 0 Å². The van der Waals surface area contributed by atoms with Crippen LogP contribution in [0.2, 0.25) is 0 Å². The maximum atomic E-state index is 12.6. The third kappa shape index (κ3) is 5.43. The number of aryl methyl sites for hydroxylation is 2. The molecule has 4 aromatic rings.